The van der Waals surface area contributed by atoms with E-state index < -0.39 is 5.97 Å². The first-order valence-electron chi connectivity index (χ1n) is 7.32. The molecule has 2 rings (SSSR count). The number of rotatable bonds is 7. The van der Waals surface area contributed by atoms with Gasteiger partial charge in [-0.2, -0.15) is 0 Å². The highest BCUT2D eigenvalue weighted by molar-refractivity contribution is 5.66. The molecule has 1 N–H and O–H groups in total. The third-order valence-electron chi connectivity index (χ3n) is 3.57. The smallest absolute Gasteiger partial charge is 0.303 e. The summed E-state index contributed by atoms with van der Waals surface area (Å²) in [5.74, 6) is 0.677. The fourth-order valence-electron chi connectivity index (χ4n) is 2.44. The molecule has 0 saturated carbocycles. The van der Waals surface area contributed by atoms with Crippen LogP contribution in [0.5, 0.6) is 11.5 Å². The second kappa shape index (κ2) is 7.88. The molecule has 0 unspecified atom stereocenters. The summed E-state index contributed by atoms with van der Waals surface area (Å²) in [6, 6.07) is 5.75. The first kappa shape index (κ1) is 15.6. The highest BCUT2D eigenvalue weighted by atomic mass is 16.5. The van der Waals surface area contributed by atoms with Crippen molar-refractivity contribution >= 4 is 5.97 Å². The van der Waals surface area contributed by atoms with Gasteiger partial charge in [-0.1, -0.05) is 12.1 Å². The molecule has 1 aliphatic heterocycles. The molecule has 1 aromatic carbocycles. The highest BCUT2D eigenvalue weighted by Crippen LogP contribution is 2.34. The summed E-state index contributed by atoms with van der Waals surface area (Å²) in [5.41, 5.74) is 1.00. The van der Waals surface area contributed by atoms with Gasteiger partial charge in [0.2, 0.25) is 0 Å². The first-order valence-corrected chi connectivity index (χ1v) is 7.32. The lowest BCUT2D eigenvalue weighted by molar-refractivity contribution is -0.137. The molecule has 1 fully saturated rings. The number of carbonyl (C=O) groups is 1. The van der Waals surface area contributed by atoms with Crippen molar-refractivity contribution in [2.45, 2.75) is 38.2 Å². The molecule has 0 aliphatic carbocycles. The zero-order valence-electron chi connectivity index (χ0n) is 12.3. The second-order valence-corrected chi connectivity index (χ2v) is 5.13. The van der Waals surface area contributed by atoms with Crippen molar-refractivity contribution < 1.29 is 24.1 Å². The average Bonchev–Trinajstić information content (AvgIpc) is 2.49. The number of ether oxygens (including phenoxy) is 3. The van der Waals surface area contributed by atoms with Gasteiger partial charge in [0.15, 0.2) is 11.5 Å². The van der Waals surface area contributed by atoms with Gasteiger partial charge in [-0.25, -0.2) is 0 Å². The van der Waals surface area contributed by atoms with Crippen LogP contribution >= 0.6 is 0 Å². The fourth-order valence-corrected chi connectivity index (χ4v) is 2.44. The van der Waals surface area contributed by atoms with Gasteiger partial charge in [-0.15, -0.1) is 0 Å². The number of methoxy groups -OCH3 is 1. The fraction of sp³-hybridized carbons (Fsp3) is 0.562. The lowest BCUT2D eigenvalue weighted by Crippen LogP contribution is -2.26. The molecule has 0 radical (unpaired) electrons. The molecule has 0 aromatic heterocycles. The Hall–Kier alpha value is -1.75. The molecule has 5 heteroatoms. The molecule has 0 spiro atoms. The van der Waals surface area contributed by atoms with Crippen LogP contribution in [-0.4, -0.2) is 37.5 Å². The van der Waals surface area contributed by atoms with Crippen LogP contribution in [0.2, 0.25) is 0 Å². The van der Waals surface area contributed by atoms with Gasteiger partial charge in [0, 0.05) is 19.3 Å². The van der Waals surface area contributed by atoms with Gasteiger partial charge < -0.3 is 19.3 Å². The number of hydrogen-bond donors (Lipinski definition) is 1. The molecular weight excluding hydrogens is 272 g/mol. The first-order chi connectivity index (χ1) is 10.2. The van der Waals surface area contributed by atoms with E-state index in [4.69, 9.17) is 19.3 Å². The maximum absolute atomic E-state index is 10.6. The lowest BCUT2D eigenvalue weighted by atomic mass is 10.1. The zero-order valence-corrected chi connectivity index (χ0v) is 12.3. The Labute approximate surface area is 124 Å². The molecule has 1 aliphatic rings. The number of aryl methyl sites for hydroxylation is 1. The van der Waals surface area contributed by atoms with E-state index in [0.29, 0.717) is 31.8 Å². The Bertz CT molecular complexity index is 466. The third kappa shape index (κ3) is 4.63. The Kier molecular flexibility index (Phi) is 5.87. The van der Waals surface area contributed by atoms with E-state index in [-0.39, 0.29) is 12.5 Å². The summed E-state index contributed by atoms with van der Waals surface area (Å²) in [6.07, 6.45) is 3.29. The van der Waals surface area contributed by atoms with E-state index in [2.05, 4.69) is 0 Å². The van der Waals surface area contributed by atoms with Crippen molar-refractivity contribution in [3.8, 4) is 11.5 Å². The lowest BCUT2D eigenvalue weighted by Gasteiger charge is -2.25. The van der Waals surface area contributed by atoms with Crippen molar-refractivity contribution in [3.05, 3.63) is 23.8 Å². The van der Waals surface area contributed by atoms with Gasteiger partial charge in [-0.05, 0) is 24.5 Å². The van der Waals surface area contributed by atoms with Gasteiger partial charge in [0.25, 0.3) is 0 Å². The minimum atomic E-state index is -0.773. The number of hydrogen-bond acceptors (Lipinski definition) is 4. The SMILES string of the molecule is COc1cccc(CCCC(=O)O)c1OC1CCOCC1. The molecule has 21 heavy (non-hydrogen) atoms. The Morgan fingerprint density at radius 1 is 1.38 bits per heavy atom. The predicted octanol–water partition coefficient (Wildman–Crippen LogP) is 2.66. The van der Waals surface area contributed by atoms with Gasteiger partial charge in [0.1, 0.15) is 6.10 Å². The van der Waals surface area contributed by atoms with Crippen molar-refractivity contribution in [1.82, 2.24) is 0 Å². The average molecular weight is 294 g/mol. The monoisotopic (exact) mass is 294 g/mol. The summed E-state index contributed by atoms with van der Waals surface area (Å²) >= 11 is 0. The zero-order chi connectivity index (χ0) is 15.1. The van der Waals surface area contributed by atoms with E-state index in [1.54, 1.807) is 7.11 Å². The van der Waals surface area contributed by atoms with E-state index in [1.807, 2.05) is 18.2 Å². The predicted molar refractivity (Wildman–Crippen MR) is 78.0 cm³/mol. The van der Waals surface area contributed by atoms with Crippen LogP contribution in [0.15, 0.2) is 18.2 Å². The molecule has 0 atom stereocenters. The number of carboxylic acids is 1. The molecule has 1 saturated heterocycles. The maximum Gasteiger partial charge on any atom is 0.303 e. The summed E-state index contributed by atoms with van der Waals surface area (Å²) in [6.45, 7) is 1.43. The molecule has 1 heterocycles. The minimum absolute atomic E-state index is 0.133. The molecule has 116 valence electrons. The number of para-hydroxylation sites is 1. The molecule has 1 aromatic rings. The Balaban J connectivity index is 2.09. The standard InChI is InChI=1S/C16H22O5/c1-19-14-6-2-4-12(5-3-7-15(17)18)16(14)21-13-8-10-20-11-9-13/h2,4,6,13H,3,5,7-11H2,1H3,(H,17,18). The van der Waals surface area contributed by atoms with E-state index in [1.165, 1.54) is 0 Å². The van der Waals surface area contributed by atoms with Gasteiger partial charge in [0.05, 0.1) is 20.3 Å². The normalized spacial score (nSPS) is 15.7. The van der Waals surface area contributed by atoms with Crippen molar-refractivity contribution in [2.24, 2.45) is 0 Å². The summed E-state index contributed by atoms with van der Waals surface area (Å²) in [7, 11) is 1.62. The maximum atomic E-state index is 10.6. The molecule has 0 bridgehead atoms. The van der Waals surface area contributed by atoms with Crippen LogP contribution in [0.1, 0.15) is 31.2 Å². The van der Waals surface area contributed by atoms with Crippen LogP contribution in [-0.2, 0) is 16.0 Å². The van der Waals surface area contributed by atoms with Crippen LogP contribution in [0.3, 0.4) is 0 Å². The third-order valence-corrected chi connectivity index (χ3v) is 3.57. The van der Waals surface area contributed by atoms with E-state index >= 15 is 0 Å². The highest BCUT2D eigenvalue weighted by Gasteiger charge is 2.19. The summed E-state index contributed by atoms with van der Waals surface area (Å²) < 4.78 is 16.8. The molecule has 0 amide bonds. The largest absolute Gasteiger partial charge is 0.493 e. The number of benzene rings is 1. The molecule has 5 nitrogen and oxygen atoms in total. The van der Waals surface area contributed by atoms with Crippen LogP contribution in [0.4, 0.5) is 0 Å². The van der Waals surface area contributed by atoms with Crippen molar-refractivity contribution in [2.75, 3.05) is 20.3 Å². The van der Waals surface area contributed by atoms with Gasteiger partial charge >= 0.3 is 5.97 Å². The summed E-state index contributed by atoms with van der Waals surface area (Å²) in [5, 5.41) is 8.75. The van der Waals surface area contributed by atoms with Crippen molar-refractivity contribution in [1.29, 1.82) is 0 Å². The summed E-state index contributed by atoms with van der Waals surface area (Å²) in [4.78, 5) is 10.6. The Morgan fingerprint density at radius 2 is 2.14 bits per heavy atom. The van der Waals surface area contributed by atoms with Crippen molar-refractivity contribution in [3.63, 3.8) is 0 Å². The Morgan fingerprint density at radius 3 is 2.81 bits per heavy atom. The van der Waals surface area contributed by atoms with E-state index in [9.17, 15) is 4.79 Å². The van der Waals surface area contributed by atoms with Crippen LogP contribution in [0, 0.1) is 0 Å². The minimum Gasteiger partial charge on any atom is -0.493 e. The van der Waals surface area contributed by atoms with E-state index in [0.717, 1.165) is 24.2 Å². The van der Waals surface area contributed by atoms with Gasteiger partial charge in [-0.3, -0.25) is 4.79 Å². The number of aliphatic carboxylic acids is 1. The quantitative estimate of drug-likeness (QED) is 0.837. The topological polar surface area (TPSA) is 65.0 Å². The second-order valence-electron chi connectivity index (χ2n) is 5.13. The van der Waals surface area contributed by atoms with Crippen LogP contribution in [0.25, 0.3) is 0 Å². The van der Waals surface area contributed by atoms with Crippen LogP contribution < -0.4 is 9.47 Å². The molecular formula is C16H22O5. The number of carboxylic acid groups (broad SMARTS) is 1.